The van der Waals surface area contributed by atoms with Crippen LogP contribution in [0.4, 0.5) is 4.39 Å². The van der Waals surface area contributed by atoms with Gasteiger partial charge in [0.15, 0.2) is 0 Å². The van der Waals surface area contributed by atoms with Crippen LogP contribution in [0.5, 0.6) is 0 Å². The maximum Gasteiger partial charge on any atom is 0.242 e. The molecular formula is C10H14ClFN2O2S. The molecule has 0 aliphatic carbocycles. The Morgan fingerprint density at radius 2 is 2.06 bits per heavy atom. The summed E-state index contributed by atoms with van der Waals surface area (Å²) in [6.45, 7) is 1.01. The van der Waals surface area contributed by atoms with Crippen molar-refractivity contribution < 1.29 is 12.8 Å². The number of hydrogen-bond donors (Lipinski definition) is 2. The number of rotatable bonds is 6. The Kier molecular flexibility index (Phi) is 5.32. The van der Waals surface area contributed by atoms with Crippen LogP contribution in [0.15, 0.2) is 23.1 Å². The van der Waals surface area contributed by atoms with E-state index < -0.39 is 15.8 Å². The lowest BCUT2D eigenvalue weighted by Crippen LogP contribution is -2.27. The van der Waals surface area contributed by atoms with Gasteiger partial charge in [-0.3, -0.25) is 0 Å². The SMILES string of the molecule is CNCCCNS(=O)(=O)c1ccc(F)cc1Cl. The third-order valence-electron chi connectivity index (χ3n) is 2.08. The van der Waals surface area contributed by atoms with Crippen LogP contribution in [0.25, 0.3) is 0 Å². The van der Waals surface area contributed by atoms with Crippen LogP contribution < -0.4 is 10.0 Å². The van der Waals surface area contributed by atoms with Crippen molar-refractivity contribution in [2.45, 2.75) is 11.3 Å². The highest BCUT2D eigenvalue weighted by Gasteiger charge is 2.17. The van der Waals surface area contributed by atoms with Crippen LogP contribution >= 0.6 is 11.6 Å². The number of nitrogens with one attached hydrogen (secondary N) is 2. The molecule has 0 aromatic heterocycles. The second-order valence-electron chi connectivity index (χ2n) is 3.43. The number of benzene rings is 1. The molecule has 1 aromatic rings. The van der Waals surface area contributed by atoms with Crippen LogP contribution in [-0.4, -0.2) is 28.6 Å². The molecule has 0 unspecified atom stereocenters. The van der Waals surface area contributed by atoms with E-state index in [4.69, 9.17) is 11.6 Å². The molecule has 17 heavy (non-hydrogen) atoms. The van der Waals surface area contributed by atoms with E-state index in [1.54, 1.807) is 7.05 Å². The van der Waals surface area contributed by atoms with E-state index in [0.717, 1.165) is 18.2 Å². The molecule has 7 heteroatoms. The van der Waals surface area contributed by atoms with E-state index in [0.29, 0.717) is 19.5 Å². The van der Waals surface area contributed by atoms with E-state index in [1.807, 2.05) is 0 Å². The van der Waals surface area contributed by atoms with Crippen molar-refractivity contribution in [3.63, 3.8) is 0 Å². The fourth-order valence-electron chi connectivity index (χ4n) is 1.24. The van der Waals surface area contributed by atoms with Crippen LogP contribution in [0.1, 0.15) is 6.42 Å². The average molecular weight is 281 g/mol. The Balaban J connectivity index is 2.76. The molecule has 2 N–H and O–H groups in total. The van der Waals surface area contributed by atoms with Gasteiger partial charge in [-0.1, -0.05) is 11.6 Å². The predicted octanol–water partition coefficient (Wildman–Crippen LogP) is 1.37. The van der Waals surface area contributed by atoms with Crippen molar-refractivity contribution in [1.82, 2.24) is 10.0 Å². The first-order chi connectivity index (χ1) is 7.97. The summed E-state index contributed by atoms with van der Waals surface area (Å²) in [6.07, 6.45) is 0.661. The highest BCUT2D eigenvalue weighted by Crippen LogP contribution is 2.21. The highest BCUT2D eigenvalue weighted by atomic mass is 35.5. The minimum atomic E-state index is -3.66. The molecule has 0 spiro atoms. The smallest absolute Gasteiger partial charge is 0.242 e. The third kappa shape index (κ3) is 4.23. The van der Waals surface area contributed by atoms with Crippen molar-refractivity contribution >= 4 is 21.6 Å². The molecule has 1 rings (SSSR count). The summed E-state index contributed by atoms with van der Waals surface area (Å²) in [7, 11) is -1.88. The lowest BCUT2D eigenvalue weighted by Gasteiger charge is -2.08. The first-order valence-corrected chi connectivity index (χ1v) is 6.93. The summed E-state index contributed by atoms with van der Waals surface area (Å²) in [6, 6.07) is 3.19. The molecule has 0 aliphatic heterocycles. The second-order valence-corrected chi connectivity index (χ2v) is 5.57. The Bertz CT molecular complexity index is 479. The van der Waals surface area contributed by atoms with Crippen LogP contribution in [0, 0.1) is 5.82 Å². The number of hydrogen-bond acceptors (Lipinski definition) is 3. The minimum Gasteiger partial charge on any atom is -0.320 e. The monoisotopic (exact) mass is 280 g/mol. The van der Waals surface area contributed by atoms with Gasteiger partial charge in [0.05, 0.1) is 5.02 Å². The topological polar surface area (TPSA) is 58.2 Å². The molecule has 0 fully saturated rings. The number of halogens is 2. The summed E-state index contributed by atoms with van der Waals surface area (Å²) in [4.78, 5) is -0.106. The standard InChI is InChI=1S/C10H14ClFN2O2S/c1-13-5-2-6-14-17(15,16)10-4-3-8(12)7-9(10)11/h3-4,7,13-14H,2,5-6H2,1H3. The van der Waals surface area contributed by atoms with Gasteiger partial charge < -0.3 is 5.32 Å². The number of sulfonamides is 1. The maximum absolute atomic E-state index is 12.8. The van der Waals surface area contributed by atoms with E-state index in [9.17, 15) is 12.8 Å². The van der Waals surface area contributed by atoms with Gasteiger partial charge in [-0.25, -0.2) is 17.5 Å². The molecule has 4 nitrogen and oxygen atoms in total. The van der Waals surface area contributed by atoms with Gasteiger partial charge in [0.1, 0.15) is 10.7 Å². The first kappa shape index (κ1) is 14.4. The molecule has 0 aliphatic rings. The van der Waals surface area contributed by atoms with E-state index in [-0.39, 0.29) is 9.92 Å². The Morgan fingerprint density at radius 3 is 2.65 bits per heavy atom. The molecule has 0 saturated heterocycles. The van der Waals surface area contributed by atoms with Gasteiger partial charge in [0, 0.05) is 6.54 Å². The molecule has 96 valence electrons. The van der Waals surface area contributed by atoms with Gasteiger partial charge >= 0.3 is 0 Å². The molecule has 0 saturated carbocycles. The van der Waals surface area contributed by atoms with E-state index >= 15 is 0 Å². The van der Waals surface area contributed by atoms with Gasteiger partial charge in [-0.2, -0.15) is 0 Å². The largest absolute Gasteiger partial charge is 0.320 e. The fourth-order valence-corrected chi connectivity index (χ4v) is 2.85. The molecule has 0 radical (unpaired) electrons. The predicted molar refractivity (Wildman–Crippen MR) is 65.1 cm³/mol. The molecular weight excluding hydrogens is 267 g/mol. The minimum absolute atomic E-state index is 0.106. The normalized spacial score (nSPS) is 11.7. The van der Waals surface area contributed by atoms with E-state index in [1.165, 1.54) is 0 Å². The summed E-state index contributed by atoms with van der Waals surface area (Å²) < 4.78 is 38.8. The zero-order valence-corrected chi connectivity index (χ0v) is 10.9. The van der Waals surface area contributed by atoms with Gasteiger partial charge in [0.2, 0.25) is 10.0 Å². The fraction of sp³-hybridized carbons (Fsp3) is 0.400. The zero-order valence-electron chi connectivity index (χ0n) is 9.33. The lowest BCUT2D eigenvalue weighted by atomic mass is 10.3. The van der Waals surface area contributed by atoms with Gasteiger partial charge in [-0.05, 0) is 38.2 Å². The van der Waals surface area contributed by atoms with Crippen molar-refractivity contribution in [1.29, 1.82) is 0 Å². The molecule has 0 bridgehead atoms. The Hall–Kier alpha value is -0.690. The first-order valence-electron chi connectivity index (χ1n) is 5.06. The van der Waals surface area contributed by atoms with Gasteiger partial charge in [0.25, 0.3) is 0 Å². The Labute approximate surface area is 105 Å². The van der Waals surface area contributed by atoms with Crippen molar-refractivity contribution in [2.24, 2.45) is 0 Å². The second kappa shape index (κ2) is 6.30. The van der Waals surface area contributed by atoms with Gasteiger partial charge in [-0.15, -0.1) is 0 Å². The molecule has 1 aromatic carbocycles. The average Bonchev–Trinajstić information content (AvgIpc) is 2.24. The van der Waals surface area contributed by atoms with E-state index in [2.05, 4.69) is 10.0 Å². The van der Waals surface area contributed by atoms with Crippen LogP contribution in [0.2, 0.25) is 5.02 Å². The summed E-state index contributed by atoms with van der Waals surface area (Å²) >= 11 is 5.68. The summed E-state index contributed by atoms with van der Waals surface area (Å²) in [5, 5.41) is 2.78. The quantitative estimate of drug-likeness (QED) is 0.774. The van der Waals surface area contributed by atoms with Crippen LogP contribution in [-0.2, 0) is 10.0 Å². The summed E-state index contributed by atoms with van der Waals surface area (Å²) in [5.41, 5.74) is 0. The van der Waals surface area contributed by atoms with Crippen LogP contribution in [0.3, 0.4) is 0 Å². The third-order valence-corrected chi connectivity index (χ3v) is 4.02. The summed E-state index contributed by atoms with van der Waals surface area (Å²) in [5.74, 6) is -0.566. The zero-order chi connectivity index (χ0) is 12.9. The highest BCUT2D eigenvalue weighted by molar-refractivity contribution is 7.89. The van der Waals surface area contributed by atoms with Crippen molar-refractivity contribution in [3.05, 3.63) is 29.0 Å². The molecule has 0 heterocycles. The molecule has 0 amide bonds. The molecule has 0 atom stereocenters. The van der Waals surface area contributed by atoms with Crippen molar-refractivity contribution in [3.8, 4) is 0 Å². The lowest BCUT2D eigenvalue weighted by molar-refractivity contribution is 0.576. The Morgan fingerprint density at radius 1 is 1.35 bits per heavy atom. The maximum atomic E-state index is 12.8. The van der Waals surface area contributed by atoms with Crippen molar-refractivity contribution in [2.75, 3.05) is 20.1 Å².